The van der Waals surface area contributed by atoms with E-state index in [0.717, 1.165) is 12.1 Å². The second kappa shape index (κ2) is 6.44. The van der Waals surface area contributed by atoms with E-state index < -0.39 is 0 Å². The Balaban J connectivity index is 0.000000980. The van der Waals surface area contributed by atoms with Crippen LogP contribution in [0.3, 0.4) is 0 Å². The molecule has 0 unspecified atom stereocenters. The molecule has 0 bridgehead atoms. The van der Waals surface area contributed by atoms with Gasteiger partial charge in [0.05, 0.1) is 0 Å². The van der Waals surface area contributed by atoms with E-state index in [0.29, 0.717) is 0 Å². The van der Waals surface area contributed by atoms with E-state index in [1.807, 2.05) is 0 Å². The highest BCUT2D eigenvalue weighted by Gasteiger charge is 2.19. The van der Waals surface area contributed by atoms with Crippen molar-refractivity contribution in [2.45, 2.75) is 83.7 Å². The van der Waals surface area contributed by atoms with Crippen molar-refractivity contribution in [2.75, 3.05) is 0 Å². The first-order valence-corrected chi connectivity index (χ1v) is 6.21. The quantitative estimate of drug-likeness (QED) is 0.708. The van der Waals surface area contributed by atoms with Crippen LogP contribution in [-0.2, 0) is 0 Å². The minimum absolute atomic E-state index is 0. The number of hydrogen-bond donors (Lipinski definition) is 1. The topological polar surface area (TPSA) is 12.0 Å². The Hall–Kier alpha value is -0.0400. The Morgan fingerprint density at radius 1 is 0.571 bits per heavy atom. The van der Waals surface area contributed by atoms with Gasteiger partial charge in [-0.05, 0) is 25.7 Å². The van der Waals surface area contributed by atoms with Crippen LogP contribution in [0.4, 0.5) is 0 Å². The minimum atomic E-state index is 0. The maximum Gasteiger partial charge on any atom is 0.00696 e. The van der Waals surface area contributed by atoms with Gasteiger partial charge in [-0.2, -0.15) is 0 Å². The molecule has 14 heavy (non-hydrogen) atoms. The van der Waals surface area contributed by atoms with E-state index in [1.54, 1.807) is 0 Å². The van der Waals surface area contributed by atoms with Crippen molar-refractivity contribution in [3.63, 3.8) is 0 Å². The molecule has 0 radical (unpaired) electrons. The number of hydrogen-bond acceptors (Lipinski definition) is 1. The van der Waals surface area contributed by atoms with Crippen LogP contribution in [0.5, 0.6) is 0 Å². The number of nitrogens with one attached hydrogen (secondary N) is 1. The molecule has 2 rings (SSSR count). The normalized spacial score (nSPS) is 25.7. The third-order valence-electron chi connectivity index (χ3n) is 3.68. The zero-order valence-electron chi connectivity index (χ0n) is 8.73. The molecule has 0 amide bonds. The molecule has 1 heteroatoms. The molecule has 1 nitrogen and oxygen atoms in total. The maximum atomic E-state index is 3.86. The van der Waals surface area contributed by atoms with Crippen LogP contribution in [-0.4, -0.2) is 12.1 Å². The van der Waals surface area contributed by atoms with Gasteiger partial charge >= 0.3 is 0 Å². The van der Waals surface area contributed by atoms with Gasteiger partial charge in [0.1, 0.15) is 0 Å². The van der Waals surface area contributed by atoms with Crippen LogP contribution in [0, 0.1) is 0 Å². The average Bonchev–Trinajstić information content (AvgIpc) is 2.21. The van der Waals surface area contributed by atoms with Gasteiger partial charge < -0.3 is 5.32 Å². The molecule has 0 aliphatic heterocycles. The first-order valence-electron chi connectivity index (χ1n) is 6.21. The first-order chi connectivity index (χ1) is 6.45. The SMILES string of the molecule is C.C1CCC(NC2CCCCC2)CC1. The fraction of sp³-hybridized carbons (Fsp3) is 1.00. The Labute approximate surface area is 89.7 Å². The Morgan fingerprint density at radius 2 is 0.929 bits per heavy atom. The first kappa shape index (κ1) is 12.0. The molecular formula is C13H27N. The third kappa shape index (κ3) is 3.61. The molecule has 2 fully saturated rings. The molecule has 2 saturated carbocycles. The lowest BCUT2D eigenvalue weighted by molar-refractivity contribution is 0.291. The van der Waals surface area contributed by atoms with Crippen LogP contribution < -0.4 is 5.32 Å². The van der Waals surface area contributed by atoms with Crippen molar-refractivity contribution in [1.82, 2.24) is 5.32 Å². The van der Waals surface area contributed by atoms with Gasteiger partial charge in [0.15, 0.2) is 0 Å². The maximum absolute atomic E-state index is 3.86. The molecular weight excluding hydrogens is 170 g/mol. The molecule has 0 spiro atoms. The molecule has 0 atom stereocenters. The standard InChI is InChI=1S/C12H23N.CH4/c1-3-7-11(8-4-1)13-12-9-5-2-6-10-12;/h11-13H,1-10H2;1H4. The summed E-state index contributed by atoms with van der Waals surface area (Å²) >= 11 is 0. The Morgan fingerprint density at radius 3 is 1.29 bits per heavy atom. The van der Waals surface area contributed by atoms with Crippen molar-refractivity contribution >= 4 is 0 Å². The predicted octanol–water partition coefficient (Wildman–Crippen LogP) is 3.88. The molecule has 84 valence electrons. The van der Waals surface area contributed by atoms with Crippen LogP contribution >= 0.6 is 0 Å². The molecule has 1 N–H and O–H groups in total. The lowest BCUT2D eigenvalue weighted by Crippen LogP contribution is -2.40. The molecule has 0 aromatic rings. The monoisotopic (exact) mass is 197 g/mol. The van der Waals surface area contributed by atoms with Crippen LogP contribution in [0.1, 0.15) is 71.6 Å². The summed E-state index contributed by atoms with van der Waals surface area (Å²) < 4.78 is 0. The minimum Gasteiger partial charge on any atom is -0.311 e. The molecule has 0 saturated heterocycles. The largest absolute Gasteiger partial charge is 0.311 e. The van der Waals surface area contributed by atoms with Gasteiger partial charge in [-0.25, -0.2) is 0 Å². The molecule has 0 aromatic carbocycles. The van der Waals surface area contributed by atoms with E-state index in [9.17, 15) is 0 Å². The van der Waals surface area contributed by atoms with E-state index in [2.05, 4.69) is 5.32 Å². The van der Waals surface area contributed by atoms with E-state index in [-0.39, 0.29) is 7.43 Å². The summed E-state index contributed by atoms with van der Waals surface area (Å²) in [6.45, 7) is 0. The molecule has 2 aliphatic carbocycles. The second-order valence-corrected chi connectivity index (χ2v) is 4.84. The third-order valence-corrected chi connectivity index (χ3v) is 3.68. The summed E-state index contributed by atoms with van der Waals surface area (Å²) in [5.41, 5.74) is 0. The summed E-state index contributed by atoms with van der Waals surface area (Å²) in [6.07, 6.45) is 14.6. The van der Waals surface area contributed by atoms with Crippen LogP contribution in [0.15, 0.2) is 0 Å². The van der Waals surface area contributed by atoms with Crippen molar-refractivity contribution < 1.29 is 0 Å². The highest BCUT2D eigenvalue weighted by molar-refractivity contribution is 4.79. The fourth-order valence-electron chi connectivity index (χ4n) is 2.87. The fourth-order valence-corrected chi connectivity index (χ4v) is 2.87. The summed E-state index contributed by atoms with van der Waals surface area (Å²) in [4.78, 5) is 0. The molecule has 2 aliphatic rings. The van der Waals surface area contributed by atoms with Gasteiger partial charge in [-0.3, -0.25) is 0 Å². The van der Waals surface area contributed by atoms with E-state index in [1.165, 1.54) is 64.2 Å². The summed E-state index contributed by atoms with van der Waals surface area (Å²) in [5.74, 6) is 0. The number of rotatable bonds is 2. The van der Waals surface area contributed by atoms with Gasteiger partial charge in [-0.1, -0.05) is 46.0 Å². The Kier molecular flexibility index (Phi) is 5.54. The van der Waals surface area contributed by atoms with Crippen molar-refractivity contribution in [1.29, 1.82) is 0 Å². The lowest BCUT2D eigenvalue weighted by Gasteiger charge is -2.30. The molecule has 0 heterocycles. The van der Waals surface area contributed by atoms with Crippen molar-refractivity contribution in [2.24, 2.45) is 0 Å². The predicted molar refractivity (Wildman–Crippen MR) is 63.6 cm³/mol. The molecule has 0 aromatic heterocycles. The summed E-state index contributed by atoms with van der Waals surface area (Å²) in [7, 11) is 0. The van der Waals surface area contributed by atoms with Gasteiger partial charge in [-0.15, -0.1) is 0 Å². The zero-order valence-corrected chi connectivity index (χ0v) is 8.73. The average molecular weight is 197 g/mol. The van der Waals surface area contributed by atoms with Gasteiger partial charge in [0, 0.05) is 12.1 Å². The smallest absolute Gasteiger partial charge is 0.00696 e. The van der Waals surface area contributed by atoms with Gasteiger partial charge in [0.2, 0.25) is 0 Å². The van der Waals surface area contributed by atoms with E-state index >= 15 is 0 Å². The van der Waals surface area contributed by atoms with Crippen LogP contribution in [0.2, 0.25) is 0 Å². The van der Waals surface area contributed by atoms with Gasteiger partial charge in [0.25, 0.3) is 0 Å². The zero-order chi connectivity index (χ0) is 8.93. The Bertz CT molecular complexity index is 116. The van der Waals surface area contributed by atoms with Crippen molar-refractivity contribution in [3.8, 4) is 0 Å². The lowest BCUT2D eigenvalue weighted by atomic mass is 9.91. The second-order valence-electron chi connectivity index (χ2n) is 4.84. The van der Waals surface area contributed by atoms with E-state index in [4.69, 9.17) is 0 Å². The van der Waals surface area contributed by atoms with Crippen molar-refractivity contribution in [3.05, 3.63) is 0 Å². The van der Waals surface area contributed by atoms with Crippen LogP contribution in [0.25, 0.3) is 0 Å². The summed E-state index contributed by atoms with van der Waals surface area (Å²) in [6, 6.07) is 1.74. The summed E-state index contributed by atoms with van der Waals surface area (Å²) in [5, 5.41) is 3.86. The highest BCUT2D eigenvalue weighted by atomic mass is 14.9. The highest BCUT2D eigenvalue weighted by Crippen LogP contribution is 2.22.